The van der Waals surface area contributed by atoms with E-state index in [0.717, 1.165) is 12.8 Å². The van der Waals surface area contributed by atoms with Gasteiger partial charge in [-0.2, -0.15) is 23.4 Å². The number of rotatable bonds is 9. The molecule has 0 aliphatic heterocycles. The topological polar surface area (TPSA) is 74.0 Å². The van der Waals surface area contributed by atoms with E-state index in [1.54, 1.807) is 24.4 Å². The fourth-order valence-electron chi connectivity index (χ4n) is 3.38. The van der Waals surface area contributed by atoms with Crippen molar-refractivity contribution in [2.24, 2.45) is 0 Å². The lowest BCUT2D eigenvalue weighted by Gasteiger charge is -2.09. The molecule has 4 rings (SSSR count). The molecule has 7 nitrogen and oxygen atoms in total. The Hall–Kier alpha value is -2.43. The van der Waals surface area contributed by atoms with Gasteiger partial charge in [0, 0.05) is 25.2 Å². The standard InChI is InChI=1S/C21H19Cl3F3N5O2/c22-13-3-1-4-14(23)18(13)34-11-31-10-7-15(29-31)20(33)28-8-2-9-32-17(12-5-6-12)16(24)19(30-32)21(25,26)27/h1,3-4,7,10,12H,2,5-6,8-9,11H2,(H,28,33). The predicted molar refractivity (Wildman–Crippen MR) is 120 cm³/mol. The first kappa shape index (κ1) is 24.7. The molecule has 0 bridgehead atoms. The number of alkyl halides is 3. The van der Waals surface area contributed by atoms with Crippen molar-refractivity contribution in [1.29, 1.82) is 0 Å². The summed E-state index contributed by atoms with van der Waals surface area (Å²) in [5, 5.41) is 10.9. The molecule has 2 heterocycles. The number of ether oxygens (including phenoxy) is 1. The third-order valence-electron chi connectivity index (χ3n) is 5.13. The van der Waals surface area contributed by atoms with Gasteiger partial charge in [-0.3, -0.25) is 9.48 Å². The van der Waals surface area contributed by atoms with Crippen LogP contribution < -0.4 is 10.1 Å². The van der Waals surface area contributed by atoms with Gasteiger partial charge in [0.25, 0.3) is 5.91 Å². The molecule has 1 aliphatic rings. The molecule has 13 heteroatoms. The number of carbonyl (C=O) groups excluding carboxylic acids is 1. The summed E-state index contributed by atoms with van der Waals surface area (Å²) in [6, 6.07) is 6.48. The molecule has 0 spiro atoms. The van der Waals surface area contributed by atoms with Crippen LogP contribution in [0, 0.1) is 0 Å². The molecule has 0 saturated heterocycles. The van der Waals surface area contributed by atoms with Crippen LogP contribution in [0.5, 0.6) is 5.75 Å². The summed E-state index contributed by atoms with van der Waals surface area (Å²) in [7, 11) is 0. The van der Waals surface area contributed by atoms with Crippen LogP contribution in [0.2, 0.25) is 15.1 Å². The summed E-state index contributed by atoms with van der Waals surface area (Å²) in [5.41, 5.74) is -0.488. The summed E-state index contributed by atoms with van der Waals surface area (Å²) in [6.45, 7) is 0.408. The van der Waals surface area contributed by atoms with Crippen molar-refractivity contribution in [3.63, 3.8) is 0 Å². The maximum atomic E-state index is 13.2. The van der Waals surface area contributed by atoms with E-state index in [2.05, 4.69) is 15.5 Å². The minimum absolute atomic E-state index is 0.00229. The third kappa shape index (κ3) is 5.61. The zero-order valence-electron chi connectivity index (χ0n) is 17.6. The van der Waals surface area contributed by atoms with Crippen LogP contribution in [0.15, 0.2) is 30.5 Å². The second-order valence-corrected chi connectivity index (χ2v) is 8.91. The van der Waals surface area contributed by atoms with Gasteiger partial charge in [-0.15, -0.1) is 0 Å². The maximum absolute atomic E-state index is 13.2. The van der Waals surface area contributed by atoms with E-state index in [4.69, 9.17) is 39.5 Å². The number of aryl methyl sites for hydroxylation is 1. The highest BCUT2D eigenvalue weighted by Gasteiger charge is 2.41. The number of aromatic nitrogens is 4. The van der Waals surface area contributed by atoms with Gasteiger partial charge in [-0.05, 0) is 37.5 Å². The van der Waals surface area contributed by atoms with Crippen molar-refractivity contribution in [3.05, 3.63) is 62.6 Å². The Morgan fingerprint density at radius 3 is 2.50 bits per heavy atom. The molecule has 0 radical (unpaired) electrons. The molecule has 1 amide bonds. The quantitative estimate of drug-likeness (QED) is 0.351. The van der Waals surface area contributed by atoms with Crippen LogP contribution in [-0.4, -0.2) is 32.0 Å². The van der Waals surface area contributed by atoms with Gasteiger partial charge in [-0.1, -0.05) is 40.9 Å². The highest BCUT2D eigenvalue weighted by atomic mass is 35.5. The second kappa shape index (κ2) is 10.1. The van der Waals surface area contributed by atoms with E-state index < -0.39 is 17.8 Å². The Bertz CT molecular complexity index is 1170. The van der Waals surface area contributed by atoms with E-state index in [1.165, 1.54) is 15.4 Å². The van der Waals surface area contributed by atoms with Crippen LogP contribution in [0.1, 0.15) is 47.1 Å². The number of para-hydroxylation sites is 1. The Kier molecular flexibility index (Phi) is 7.30. The van der Waals surface area contributed by atoms with Crippen LogP contribution >= 0.6 is 34.8 Å². The number of amides is 1. The summed E-state index contributed by atoms with van der Waals surface area (Å²) >= 11 is 18.1. The molecule has 182 valence electrons. The monoisotopic (exact) mass is 535 g/mol. The Morgan fingerprint density at radius 1 is 1.15 bits per heavy atom. The highest BCUT2D eigenvalue weighted by Crippen LogP contribution is 2.46. The number of nitrogens with zero attached hydrogens (tertiary/aromatic N) is 4. The van der Waals surface area contributed by atoms with E-state index in [9.17, 15) is 18.0 Å². The van der Waals surface area contributed by atoms with E-state index in [0.29, 0.717) is 27.9 Å². The van der Waals surface area contributed by atoms with Gasteiger partial charge in [-0.25, -0.2) is 4.68 Å². The lowest BCUT2D eigenvalue weighted by Crippen LogP contribution is -2.26. The largest absolute Gasteiger partial charge is 0.468 e. The number of nitrogens with one attached hydrogen (secondary N) is 1. The number of benzene rings is 1. The Balaban J connectivity index is 1.29. The molecule has 3 aromatic rings. The average molecular weight is 537 g/mol. The van der Waals surface area contributed by atoms with E-state index in [-0.39, 0.29) is 36.5 Å². The van der Waals surface area contributed by atoms with Gasteiger partial charge in [0.2, 0.25) is 0 Å². The molecular weight excluding hydrogens is 518 g/mol. The summed E-state index contributed by atoms with van der Waals surface area (Å²) in [6.07, 6.45) is -1.11. The minimum Gasteiger partial charge on any atom is -0.468 e. The number of hydrogen-bond acceptors (Lipinski definition) is 4. The molecule has 2 aromatic heterocycles. The first-order valence-electron chi connectivity index (χ1n) is 10.4. The van der Waals surface area contributed by atoms with Crippen molar-refractivity contribution in [2.75, 3.05) is 6.54 Å². The van der Waals surface area contributed by atoms with Gasteiger partial charge >= 0.3 is 6.18 Å². The Morgan fingerprint density at radius 2 is 1.85 bits per heavy atom. The molecule has 0 atom stereocenters. The molecule has 1 aliphatic carbocycles. The zero-order valence-corrected chi connectivity index (χ0v) is 19.8. The van der Waals surface area contributed by atoms with Gasteiger partial charge in [0.05, 0.1) is 20.8 Å². The third-order valence-corrected chi connectivity index (χ3v) is 6.10. The minimum atomic E-state index is -4.61. The number of carbonyl (C=O) groups is 1. The predicted octanol–water partition coefficient (Wildman–Crippen LogP) is 5.79. The lowest BCUT2D eigenvalue weighted by molar-refractivity contribution is -0.141. The van der Waals surface area contributed by atoms with Crippen molar-refractivity contribution in [3.8, 4) is 5.75 Å². The van der Waals surface area contributed by atoms with Crippen LogP contribution in [0.3, 0.4) is 0 Å². The van der Waals surface area contributed by atoms with Crippen molar-refractivity contribution in [1.82, 2.24) is 24.9 Å². The maximum Gasteiger partial charge on any atom is 0.436 e. The van der Waals surface area contributed by atoms with E-state index >= 15 is 0 Å². The second-order valence-electron chi connectivity index (χ2n) is 7.72. The zero-order chi connectivity index (χ0) is 24.5. The van der Waals surface area contributed by atoms with Gasteiger partial charge in [0.1, 0.15) is 5.69 Å². The van der Waals surface area contributed by atoms with Crippen molar-refractivity contribution in [2.45, 2.75) is 44.6 Å². The number of halogens is 6. The fourth-order valence-corrected chi connectivity index (χ4v) is 4.28. The van der Waals surface area contributed by atoms with Crippen LogP contribution in [0.4, 0.5) is 13.2 Å². The summed E-state index contributed by atoms with van der Waals surface area (Å²) < 4.78 is 47.7. The molecule has 1 fully saturated rings. The highest BCUT2D eigenvalue weighted by molar-refractivity contribution is 6.37. The summed E-state index contributed by atoms with van der Waals surface area (Å²) in [4.78, 5) is 12.4. The fraction of sp³-hybridized carbons (Fsp3) is 0.381. The normalized spacial score (nSPS) is 13.8. The first-order chi connectivity index (χ1) is 16.1. The molecule has 1 saturated carbocycles. The number of hydrogen-bond donors (Lipinski definition) is 1. The van der Waals surface area contributed by atoms with Crippen molar-refractivity contribution >= 4 is 40.7 Å². The molecule has 1 aromatic carbocycles. The SMILES string of the molecule is O=C(NCCCn1nc(C(F)(F)F)c(Cl)c1C1CC1)c1ccn(COc2c(Cl)cccc2Cl)n1. The first-order valence-corrected chi connectivity index (χ1v) is 11.5. The molecule has 1 N–H and O–H groups in total. The molecule has 0 unspecified atom stereocenters. The van der Waals surface area contributed by atoms with Gasteiger partial charge < -0.3 is 10.1 Å². The van der Waals surface area contributed by atoms with Crippen LogP contribution in [0.25, 0.3) is 0 Å². The lowest BCUT2D eigenvalue weighted by atomic mass is 10.2. The molecule has 34 heavy (non-hydrogen) atoms. The van der Waals surface area contributed by atoms with E-state index in [1.807, 2.05) is 0 Å². The molecular formula is C21H19Cl3F3N5O2. The summed E-state index contributed by atoms with van der Waals surface area (Å²) in [5.74, 6) is -0.116. The smallest absolute Gasteiger partial charge is 0.436 e. The van der Waals surface area contributed by atoms with Gasteiger partial charge in [0.15, 0.2) is 18.2 Å². The van der Waals surface area contributed by atoms with Crippen molar-refractivity contribution < 1.29 is 22.7 Å². The van der Waals surface area contributed by atoms with Crippen LogP contribution in [-0.2, 0) is 19.5 Å². The Labute approximate surface area is 207 Å². The average Bonchev–Trinajstić information content (AvgIpc) is 3.38.